The third kappa shape index (κ3) is 4.12. The lowest BCUT2D eigenvalue weighted by atomic mass is 10.2. The summed E-state index contributed by atoms with van der Waals surface area (Å²) in [6, 6.07) is 11.6. The molecule has 3 amide bonds. The summed E-state index contributed by atoms with van der Waals surface area (Å²) >= 11 is 0. The molecular formula is C18H20N4O3. The van der Waals surface area contributed by atoms with E-state index in [9.17, 15) is 14.4 Å². The number of benzene rings is 1. The second-order valence-corrected chi connectivity index (χ2v) is 6.05. The molecule has 1 aromatic carbocycles. The van der Waals surface area contributed by atoms with E-state index in [-0.39, 0.29) is 43.5 Å². The van der Waals surface area contributed by atoms with Crippen molar-refractivity contribution in [1.82, 2.24) is 14.7 Å². The van der Waals surface area contributed by atoms with Gasteiger partial charge in [0.25, 0.3) is 0 Å². The fourth-order valence-electron chi connectivity index (χ4n) is 2.81. The van der Waals surface area contributed by atoms with Crippen LogP contribution in [0.25, 0.3) is 0 Å². The van der Waals surface area contributed by atoms with Crippen molar-refractivity contribution in [2.24, 2.45) is 0 Å². The minimum atomic E-state index is -0.248. The molecule has 7 heteroatoms. The van der Waals surface area contributed by atoms with Gasteiger partial charge in [0.2, 0.25) is 17.7 Å². The van der Waals surface area contributed by atoms with Crippen LogP contribution in [0.5, 0.6) is 0 Å². The molecule has 1 aliphatic heterocycles. The Hall–Kier alpha value is -2.96. The number of nitrogens with one attached hydrogen (secondary N) is 1. The average Bonchev–Trinajstić information content (AvgIpc) is 3.08. The number of amides is 3. The molecule has 25 heavy (non-hydrogen) atoms. The summed E-state index contributed by atoms with van der Waals surface area (Å²) in [5, 5.41) is 7.22. The van der Waals surface area contributed by atoms with Gasteiger partial charge in [0.05, 0.1) is 12.2 Å². The van der Waals surface area contributed by atoms with E-state index in [0.717, 1.165) is 16.2 Å². The molecule has 0 unspecified atom stereocenters. The van der Waals surface area contributed by atoms with Crippen LogP contribution in [0.1, 0.15) is 30.5 Å². The van der Waals surface area contributed by atoms with E-state index >= 15 is 0 Å². The number of likely N-dealkylation sites (tertiary alicyclic amines) is 1. The largest absolute Gasteiger partial charge is 0.311 e. The number of rotatable bonds is 6. The fourth-order valence-corrected chi connectivity index (χ4v) is 2.81. The Labute approximate surface area is 145 Å². The average molecular weight is 340 g/mol. The Bertz CT molecular complexity index is 782. The van der Waals surface area contributed by atoms with Crippen LogP contribution in [0.4, 0.5) is 5.82 Å². The summed E-state index contributed by atoms with van der Waals surface area (Å²) in [6.07, 6.45) is 0.556. The lowest BCUT2D eigenvalue weighted by molar-refractivity contribution is -0.138. The van der Waals surface area contributed by atoms with E-state index in [1.807, 2.05) is 37.3 Å². The maximum atomic E-state index is 12.2. The lowest BCUT2D eigenvalue weighted by Crippen LogP contribution is -2.32. The predicted molar refractivity (Wildman–Crippen MR) is 91.7 cm³/mol. The van der Waals surface area contributed by atoms with E-state index < -0.39 is 0 Å². The molecule has 7 nitrogen and oxygen atoms in total. The van der Waals surface area contributed by atoms with E-state index in [1.165, 1.54) is 0 Å². The minimum absolute atomic E-state index is 0.0764. The number of hydrogen-bond acceptors (Lipinski definition) is 4. The van der Waals surface area contributed by atoms with Crippen LogP contribution in [0.3, 0.4) is 0 Å². The monoisotopic (exact) mass is 340 g/mol. The summed E-state index contributed by atoms with van der Waals surface area (Å²) in [5.41, 5.74) is 1.88. The highest BCUT2D eigenvalue weighted by Gasteiger charge is 2.28. The second kappa shape index (κ2) is 7.29. The van der Waals surface area contributed by atoms with Crippen molar-refractivity contribution in [1.29, 1.82) is 0 Å². The molecule has 2 heterocycles. The third-order valence-electron chi connectivity index (χ3n) is 4.06. The topological polar surface area (TPSA) is 84.3 Å². The molecule has 3 rings (SSSR count). The van der Waals surface area contributed by atoms with Crippen LogP contribution in [0.2, 0.25) is 0 Å². The molecule has 1 saturated heterocycles. The van der Waals surface area contributed by atoms with Crippen LogP contribution < -0.4 is 5.32 Å². The molecule has 0 radical (unpaired) electrons. The Morgan fingerprint density at radius 1 is 1.16 bits per heavy atom. The van der Waals surface area contributed by atoms with Gasteiger partial charge in [-0.3, -0.25) is 19.3 Å². The van der Waals surface area contributed by atoms with Crippen molar-refractivity contribution in [2.75, 3.05) is 11.9 Å². The molecule has 0 spiro atoms. The lowest BCUT2D eigenvalue weighted by Gasteiger charge is -2.13. The predicted octanol–water partition coefficient (Wildman–Crippen LogP) is 1.72. The summed E-state index contributed by atoms with van der Waals surface area (Å²) in [7, 11) is 0. The summed E-state index contributed by atoms with van der Waals surface area (Å²) in [5.74, 6) is -0.0577. The zero-order valence-electron chi connectivity index (χ0n) is 14.1. The summed E-state index contributed by atoms with van der Waals surface area (Å²) in [4.78, 5) is 36.5. The van der Waals surface area contributed by atoms with Gasteiger partial charge in [-0.1, -0.05) is 30.3 Å². The first-order valence-corrected chi connectivity index (χ1v) is 8.24. The molecule has 0 saturated carbocycles. The third-order valence-corrected chi connectivity index (χ3v) is 4.06. The van der Waals surface area contributed by atoms with Gasteiger partial charge in [0, 0.05) is 31.9 Å². The number of imide groups is 1. The summed E-state index contributed by atoms with van der Waals surface area (Å²) in [6.45, 7) is 2.53. The molecule has 1 aliphatic rings. The first-order chi connectivity index (χ1) is 12.0. The van der Waals surface area contributed by atoms with Gasteiger partial charge < -0.3 is 5.32 Å². The normalized spacial score (nSPS) is 14.2. The number of carbonyl (C=O) groups excluding carboxylic acids is 3. The Kier molecular flexibility index (Phi) is 4.92. The molecule has 130 valence electrons. The van der Waals surface area contributed by atoms with Crippen molar-refractivity contribution in [3.63, 3.8) is 0 Å². The van der Waals surface area contributed by atoms with E-state index in [2.05, 4.69) is 10.4 Å². The van der Waals surface area contributed by atoms with Crippen LogP contribution in [-0.2, 0) is 20.9 Å². The van der Waals surface area contributed by atoms with E-state index in [1.54, 1.807) is 10.7 Å². The molecule has 0 bridgehead atoms. The van der Waals surface area contributed by atoms with E-state index in [4.69, 9.17) is 0 Å². The van der Waals surface area contributed by atoms with Gasteiger partial charge >= 0.3 is 0 Å². The fraction of sp³-hybridized carbons (Fsp3) is 0.333. The number of carbonyl (C=O) groups is 3. The maximum Gasteiger partial charge on any atom is 0.229 e. The van der Waals surface area contributed by atoms with Gasteiger partial charge in [-0.15, -0.1) is 0 Å². The van der Waals surface area contributed by atoms with Crippen LogP contribution >= 0.6 is 0 Å². The zero-order chi connectivity index (χ0) is 17.8. The van der Waals surface area contributed by atoms with Crippen molar-refractivity contribution >= 4 is 23.5 Å². The van der Waals surface area contributed by atoms with Crippen LogP contribution in [0.15, 0.2) is 36.4 Å². The van der Waals surface area contributed by atoms with Gasteiger partial charge in [-0.25, -0.2) is 4.68 Å². The SMILES string of the molecule is Cc1cc(NC(=O)CCN2C(=O)CCC2=O)n(Cc2ccccc2)n1. The highest BCUT2D eigenvalue weighted by molar-refractivity contribution is 6.02. The van der Waals surface area contributed by atoms with Crippen molar-refractivity contribution < 1.29 is 14.4 Å². The molecule has 2 aromatic rings. The second-order valence-electron chi connectivity index (χ2n) is 6.05. The maximum absolute atomic E-state index is 12.2. The number of hydrogen-bond donors (Lipinski definition) is 1. The number of anilines is 1. The molecule has 0 atom stereocenters. The molecule has 1 aromatic heterocycles. The standard InChI is InChI=1S/C18H20N4O3/c1-13-11-15(22(20-13)12-14-5-3-2-4-6-14)19-16(23)9-10-21-17(24)7-8-18(21)25/h2-6,11H,7-10,12H2,1H3,(H,19,23). The quantitative estimate of drug-likeness (QED) is 0.812. The summed E-state index contributed by atoms with van der Waals surface area (Å²) < 4.78 is 1.73. The highest BCUT2D eigenvalue weighted by atomic mass is 16.2. The van der Waals surface area contributed by atoms with Crippen molar-refractivity contribution in [3.05, 3.63) is 47.7 Å². The molecule has 1 fully saturated rings. The van der Waals surface area contributed by atoms with Crippen molar-refractivity contribution in [3.8, 4) is 0 Å². The van der Waals surface area contributed by atoms with Gasteiger partial charge in [0.1, 0.15) is 5.82 Å². The number of aryl methyl sites for hydroxylation is 1. The van der Waals surface area contributed by atoms with E-state index in [0.29, 0.717) is 12.4 Å². The van der Waals surface area contributed by atoms with Gasteiger partial charge in [0.15, 0.2) is 0 Å². The van der Waals surface area contributed by atoms with Crippen LogP contribution in [0, 0.1) is 6.92 Å². The Morgan fingerprint density at radius 3 is 2.52 bits per heavy atom. The Morgan fingerprint density at radius 2 is 1.84 bits per heavy atom. The number of aromatic nitrogens is 2. The smallest absolute Gasteiger partial charge is 0.229 e. The van der Waals surface area contributed by atoms with Gasteiger partial charge in [-0.2, -0.15) is 5.10 Å². The highest BCUT2D eigenvalue weighted by Crippen LogP contribution is 2.15. The Balaban J connectivity index is 1.61. The molecular weight excluding hydrogens is 320 g/mol. The molecule has 1 N–H and O–H groups in total. The zero-order valence-corrected chi connectivity index (χ0v) is 14.1. The minimum Gasteiger partial charge on any atom is -0.311 e. The van der Waals surface area contributed by atoms with Gasteiger partial charge in [-0.05, 0) is 12.5 Å². The first kappa shape index (κ1) is 16.9. The van der Waals surface area contributed by atoms with Crippen LogP contribution in [-0.4, -0.2) is 38.9 Å². The first-order valence-electron chi connectivity index (χ1n) is 8.24. The number of nitrogens with zero attached hydrogens (tertiary/aromatic N) is 3. The van der Waals surface area contributed by atoms with Crippen molar-refractivity contribution in [2.45, 2.75) is 32.7 Å². The molecule has 0 aliphatic carbocycles.